The van der Waals surface area contributed by atoms with Gasteiger partial charge in [-0.05, 0) is 24.5 Å². The van der Waals surface area contributed by atoms with Crippen molar-refractivity contribution in [3.8, 4) is 0 Å². The van der Waals surface area contributed by atoms with Crippen molar-refractivity contribution in [2.24, 2.45) is 5.92 Å². The maximum atomic E-state index is 13.2. The molecule has 2 heterocycles. The molecule has 5 heteroatoms. The molecule has 0 unspecified atom stereocenters. The molecule has 130 valence electrons. The normalized spacial score (nSPS) is 23.9. The van der Waals surface area contributed by atoms with Crippen LogP contribution in [0.1, 0.15) is 32.3 Å². The summed E-state index contributed by atoms with van der Waals surface area (Å²) >= 11 is 0. The molecule has 1 fully saturated rings. The van der Waals surface area contributed by atoms with Crippen molar-refractivity contribution >= 4 is 17.5 Å². The molecule has 24 heavy (non-hydrogen) atoms. The molecule has 0 radical (unpaired) electrons. The molecular weight excluding hydrogens is 302 g/mol. The highest BCUT2D eigenvalue weighted by molar-refractivity contribution is 5.82. The number of fused-ring (bicyclic) bond motifs is 1. The Morgan fingerprint density at radius 1 is 1.21 bits per heavy atom. The highest BCUT2D eigenvalue weighted by Crippen LogP contribution is 2.29. The molecule has 0 N–H and O–H groups in total. The second-order valence-electron chi connectivity index (χ2n) is 6.99. The van der Waals surface area contributed by atoms with Crippen LogP contribution in [-0.2, 0) is 16.1 Å². The molecule has 0 aliphatic carbocycles. The zero-order valence-electron chi connectivity index (χ0n) is 14.9. The number of carbonyl (C=O) groups is 2. The zero-order valence-corrected chi connectivity index (χ0v) is 14.9. The smallest absolute Gasteiger partial charge is 0.228 e. The number of carbonyl (C=O) groups excluding carboxylic acids is 2. The molecule has 1 aromatic carbocycles. The first-order valence-electron chi connectivity index (χ1n) is 8.86. The minimum absolute atomic E-state index is 0.0569. The molecule has 2 atom stereocenters. The van der Waals surface area contributed by atoms with Crippen LogP contribution in [0.15, 0.2) is 24.3 Å². The summed E-state index contributed by atoms with van der Waals surface area (Å²) in [6.07, 6.45) is 1.72. The molecule has 3 rings (SSSR count). The first-order chi connectivity index (χ1) is 11.5. The third kappa shape index (κ3) is 3.12. The van der Waals surface area contributed by atoms with E-state index in [9.17, 15) is 9.59 Å². The number of likely N-dealkylation sites (tertiary alicyclic amines) is 1. The summed E-state index contributed by atoms with van der Waals surface area (Å²) in [5.74, 6) is 0.215. The Morgan fingerprint density at radius 2 is 1.96 bits per heavy atom. The topological polar surface area (TPSA) is 43.9 Å². The maximum Gasteiger partial charge on any atom is 0.228 e. The fraction of sp³-hybridized carbons (Fsp3) is 0.579. The molecule has 2 aliphatic rings. The molecule has 0 aromatic heterocycles. The number of likely N-dealkylation sites (N-methyl/N-ethyl adjacent to an activating group) is 1. The van der Waals surface area contributed by atoms with Gasteiger partial charge in [-0.1, -0.05) is 25.1 Å². The third-order valence-corrected chi connectivity index (χ3v) is 5.41. The van der Waals surface area contributed by atoms with Crippen molar-refractivity contribution in [2.45, 2.75) is 39.3 Å². The third-order valence-electron chi connectivity index (χ3n) is 5.41. The van der Waals surface area contributed by atoms with Crippen LogP contribution in [0.2, 0.25) is 0 Å². The van der Waals surface area contributed by atoms with Crippen LogP contribution in [-0.4, -0.2) is 54.3 Å². The van der Waals surface area contributed by atoms with E-state index < -0.39 is 0 Å². The SMILES string of the molecule is CC[C@H]1CN(C)c2ccccc2CN1C(=O)[C@@H]1CCN(C(C)=O)C1. The predicted octanol–water partition coefficient (Wildman–Crippen LogP) is 2.11. The number of anilines is 1. The van der Waals surface area contributed by atoms with Gasteiger partial charge in [0.2, 0.25) is 11.8 Å². The minimum Gasteiger partial charge on any atom is -0.372 e. The van der Waals surface area contributed by atoms with Gasteiger partial charge in [-0.2, -0.15) is 0 Å². The van der Waals surface area contributed by atoms with Gasteiger partial charge < -0.3 is 14.7 Å². The van der Waals surface area contributed by atoms with E-state index in [4.69, 9.17) is 0 Å². The average Bonchev–Trinajstić information content (AvgIpc) is 3.02. The summed E-state index contributed by atoms with van der Waals surface area (Å²) in [4.78, 5) is 30.8. The maximum absolute atomic E-state index is 13.2. The summed E-state index contributed by atoms with van der Waals surface area (Å²) in [5, 5.41) is 0. The van der Waals surface area contributed by atoms with Crippen molar-refractivity contribution in [3.63, 3.8) is 0 Å². The lowest BCUT2D eigenvalue weighted by Crippen LogP contribution is -2.46. The van der Waals surface area contributed by atoms with Crippen molar-refractivity contribution in [1.29, 1.82) is 0 Å². The van der Waals surface area contributed by atoms with Gasteiger partial charge >= 0.3 is 0 Å². The lowest BCUT2D eigenvalue weighted by atomic mass is 10.0. The molecule has 5 nitrogen and oxygen atoms in total. The fourth-order valence-corrected chi connectivity index (χ4v) is 3.93. The van der Waals surface area contributed by atoms with Gasteiger partial charge in [-0.3, -0.25) is 9.59 Å². The Morgan fingerprint density at radius 3 is 2.62 bits per heavy atom. The second-order valence-corrected chi connectivity index (χ2v) is 6.99. The van der Waals surface area contributed by atoms with Crippen LogP contribution >= 0.6 is 0 Å². The highest BCUT2D eigenvalue weighted by atomic mass is 16.2. The van der Waals surface area contributed by atoms with Crippen LogP contribution in [0.5, 0.6) is 0 Å². The monoisotopic (exact) mass is 329 g/mol. The zero-order chi connectivity index (χ0) is 17.3. The largest absolute Gasteiger partial charge is 0.372 e. The van der Waals surface area contributed by atoms with Crippen molar-refractivity contribution in [1.82, 2.24) is 9.80 Å². The minimum atomic E-state index is -0.0569. The van der Waals surface area contributed by atoms with Crippen LogP contribution in [0.3, 0.4) is 0 Å². The summed E-state index contributed by atoms with van der Waals surface area (Å²) in [6.45, 7) is 6.51. The van der Waals surface area contributed by atoms with E-state index in [1.165, 1.54) is 11.3 Å². The standard InChI is InChI=1S/C19H27N3O2/c1-4-17-13-20(3)18-8-6-5-7-15(18)12-22(17)19(24)16-9-10-21(11-16)14(2)23/h5-8,16-17H,4,9-13H2,1-3H3/t16-,17+/m1/s1. The molecule has 0 spiro atoms. The van der Waals surface area contributed by atoms with E-state index in [2.05, 4.69) is 42.0 Å². The van der Waals surface area contributed by atoms with Gasteiger partial charge in [0.15, 0.2) is 0 Å². The second kappa shape index (κ2) is 6.83. The molecule has 1 saturated heterocycles. The van der Waals surface area contributed by atoms with Gasteiger partial charge in [0.1, 0.15) is 0 Å². The highest BCUT2D eigenvalue weighted by Gasteiger charge is 2.36. The Labute approximate surface area is 144 Å². The van der Waals surface area contributed by atoms with Gasteiger partial charge in [-0.15, -0.1) is 0 Å². The number of hydrogen-bond acceptors (Lipinski definition) is 3. The van der Waals surface area contributed by atoms with E-state index in [0.717, 1.165) is 19.4 Å². The van der Waals surface area contributed by atoms with Crippen molar-refractivity contribution in [3.05, 3.63) is 29.8 Å². The quantitative estimate of drug-likeness (QED) is 0.835. The summed E-state index contributed by atoms with van der Waals surface area (Å²) in [6, 6.07) is 8.54. The first kappa shape index (κ1) is 16.8. The van der Waals surface area contributed by atoms with Gasteiger partial charge in [-0.25, -0.2) is 0 Å². The molecule has 2 amide bonds. The van der Waals surface area contributed by atoms with E-state index in [1.807, 2.05) is 6.07 Å². The van der Waals surface area contributed by atoms with Crippen LogP contribution in [0, 0.1) is 5.92 Å². The summed E-state index contributed by atoms with van der Waals surface area (Å²) in [5.41, 5.74) is 2.41. The fourth-order valence-electron chi connectivity index (χ4n) is 3.93. The van der Waals surface area contributed by atoms with Gasteiger partial charge in [0.25, 0.3) is 0 Å². The number of amides is 2. The average molecular weight is 329 g/mol. The lowest BCUT2D eigenvalue weighted by molar-refractivity contribution is -0.138. The molecular formula is C19H27N3O2. The van der Waals surface area contributed by atoms with Crippen LogP contribution < -0.4 is 4.90 Å². The number of hydrogen-bond donors (Lipinski definition) is 0. The Hall–Kier alpha value is -2.04. The molecule has 2 aliphatic heterocycles. The van der Waals surface area contributed by atoms with Crippen molar-refractivity contribution < 1.29 is 9.59 Å². The van der Waals surface area contributed by atoms with Crippen LogP contribution in [0.25, 0.3) is 0 Å². The Bertz CT molecular complexity index is 631. The van der Waals surface area contributed by atoms with E-state index in [0.29, 0.717) is 19.6 Å². The van der Waals surface area contributed by atoms with Gasteiger partial charge in [0.05, 0.1) is 5.92 Å². The first-order valence-corrected chi connectivity index (χ1v) is 8.86. The molecule has 0 bridgehead atoms. The Balaban J connectivity index is 1.83. The number of nitrogens with zero attached hydrogens (tertiary/aromatic N) is 3. The molecule has 0 saturated carbocycles. The number of para-hydroxylation sites is 1. The predicted molar refractivity (Wildman–Crippen MR) is 94.7 cm³/mol. The van der Waals surface area contributed by atoms with E-state index >= 15 is 0 Å². The summed E-state index contributed by atoms with van der Waals surface area (Å²) < 4.78 is 0. The van der Waals surface area contributed by atoms with Crippen LogP contribution in [0.4, 0.5) is 5.69 Å². The Kier molecular flexibility index (Phi) is 4.78. The number of benzene rings is 1. The summed E-state index contributed by atoms with van der Waals surface area (Å²) in [7, 11) is 2.10. The van der Waals surface area contributed by atoms with Gasteiger partial charge in [0, 0.05) is 51.9 Å². The molecule has 1 aromatic rings. The van der Waals surface area contributed by atoms with E-state index in [1.54, 1.807) is 11.8 Å². The van der Waals surface area contributed by atoms with Crippen molar-refractivity contribution in [2.75, 3.05) is 31.6 Å². The number of rotatable bonds is 2. The van der Waals surface area contributed by atoms with E-state index in [-0.39, 0.29) is 23.8 Å². The lowest BCUT2D eigenvalue weighted by Gasteiger charge is -2.32.